The summed E-state index contributed by atoms with van der Waals surface area (Å²) < 4.78 is 6.12. The van der Waals surface area contributed by atoms with Crippen LogP contribution in [0.2, 0.25) is 0 Å². The third-order valence-corrected chi connectivity index (χ3v) is 2.94. The summed E-state index contributed by atoms with van der Waals surface area (Å²) in [6, 6.07) is 3.14. The molecule has 1 aromatic carbocycles. The average molecular weight is 358 g/mol. The number of ether oxygens (including phenoxy) is 1. The summed E-state index contributed by atoms with van der Waals surface area (Å²) in [4.78, 5) is 10.1. The van der Waals surface area contributed by atoms with Gasteiger partial charge in [0.15, 0.2) is 0 Å². The Bertz CT molecular complexity index is 356. The van der Waals surface area contributed by atoms with Gasteiger partial charge in [0.25, 0.3) is 5.69 Å². The molecule has 0 aliphatic heterocycles. The molecule has 0 aromatic heterocycles. The Morgan fingerprint density at radius 3 is 2.69 bits per heavy atom. The first-order valence-corrected chi connectivity index (χ1v) is 5.11. The van der Waals surface area contributed by atoms with Crippen molar-refractivity contribution in [1.82, 2.24) is 0 Å². The fourth-order valence-electron chi connectivity index (χ4n) is 0.832. The fourth-order valence-corrected chi connectivity index (χ4v) is 1.99. The lowest BCUT2D eigenvalue weighted by molar-refractivity contribution is -0.385. The summed E-state index contributed by atoms with van der Waals surface area (Å²) in [5, 5.41) is 10.6. The molecule has 70 valence electrons. The van der Waals surface area contributed by atoms with Gasteiger partial charge in [-0.2, -0.15) is 0 Å². The van der Waals surface area contributed by atoms with Crippen molar-refractivity contribution in [2.45, 2.75) is 0 Å². The molecule has 0 unspecified atom stereocenters. The maximum absolute atomic E-state index is 10.6. The van der Waals surface area contributed by atoms with Crippen LogP contribution in [-0.4, -0.2) is 12.0 Å². The Morgan fingerprint density at radius 2 is 2.23 bits per heavy atom. The average Bonchev–Trinajstić information content (AvgIpc) is 2.08. The molecule has 4 nitrogen and oxygen atoms in total. The van der Waals surface area contributed by atoms with Crippen molar-refractivity contribution in [3.05, 3.63) is 30.3 Å². The summed E-state index contributed by atoms with van der Waals surface area (Å²) in [5.74, 6) is 0.502. The number of nitrogens with zero attached hydrogens (tertiary/aromatic N) is 1. The van der Waals surface area contributed by atoms with Crippen molar-refractivity contribution in [2.75, 3.05) is 7.11 Å². The molecule has 0 aliphatic carbocycles. The van der Waals surface area contributed by atoms with Gasteiger partial charge in [-0.1, -0.05) is 15.9 Å². The van der Waals surface area contributed by atoms with Gasteiger partial charge in [-0.25, -0.2) is 0 Å². The van der Waals surface area contributed by atoms with Crippen LogP contribution in [0.15, 0.2) is 16.6 Å². The molecule has 0 atom stereocenters. The quantitative estimate of drug-likeness (QED) is 0.464. The van der Waals surface area contributed by atoms with Crippen molar-refractivity contribution >= 4 is 44.2 Å². The molecule has 0 radical (unpaired) electrons. The highest BCUT2D eigenvalue weighted by Gasteiger charge is 2.17. The molecule has 0 amide bonds. The van der Waals surface area contributed by atoms with Crippen LogP contribution in [0.4, 0.5) is 5.69 Å². The predicted molar refractivity (Wildman–Crippen MR) is 60.1 cm³/mol. The van der Waals surface area contributed by atoms with E-state index in [4.69, 9.17) is 4.74 Å². The fraction of sp³-hybridized carbons (Fsp3) is 0.143. The number of nitro benzene ring substituents is 1. The van der Waals surface area contributed by atoms with Crippen LogP contribution in [0, 0.1) is 13.7 Å². The minimum absolute atomic E-state index is 0.0480. The van der Waals surface area contributed by atoms with Crippen LogP contribution in [0.3, 0.4) is 0 Å². The standard InChI is InChI=1S/C7H5BrINO3/c1-13-6-3-4(8)2-5(7(6)9)10(11)12/h2-3H,1H3. The number of rotatable bonds is 2. The van der Waals surface area contributed by atoms with Crippen LogP contribution in [0.1, 0.15) is 0 Å². The molecule has 0 heterocycles. The van der Waals surface area contributed by atoms with Gasteiger partial charge >= 0.3 is 0 Å². The summed E-state index contributed by atoms with van der Waals surface area (Å²) in [6.07, 6.45) is 0. The molecule has 0 spiro atoms. The molecular formula is C7H5BrINO3. The minimum atomic E-state index is -0.435. The molecule has 0 bridgehead atoms. The molecule has 1 rings (SSSR count). The number of hydrogen-bond donors (Lipinski definition) is 0. The highest BCUT2D eigenvalue weighted by molar-refractivity contribution is 14.1. The van der Waals surface area contributed by atoms with Crippen molar-refractivity contribution in [2.24, 2.45) is 0 Å². The van der Waals surface area contributed by atoms with Gasteiger partial charge in [0.05, 0.1) is 12.0 Å². The Labute approximate surface area is 96.7 Å². The first-order chi connectivity index (χ1) is 6.06. The van der Waals surface area contributed by atoms with E-state index in [9.17, 15) is 10.1 Å². The van der Waals surface area contributed by atoms with Crippen molar-refractivity contribution in [1.29, 1.82) is 0 Å². The predicted octanol–water partition coefficient (Wildman–Crippen LogP) is 2.97. The van der Waals surface area contributed by atoms with Crippen molar-refractivity contribution < 1.29 is 9.66 Å². The molecule has 0 N–H and O–H groups in total. The largest absolute Gasteiger partial charge is 0.495 e. The first-order valence-electron chi connectivity index (χ1n) is 3.23. The van der Waals surface area contributed by atoms with E-state index in [-0.39, 0.29) is 5.69 Å². The van der Waals surface area contributed by atoms with Crippen LogP contribution in [0.25, 0.3) is 0 Å². The second-order valence-electron chi connectivity index (χ2n) is 2.20. The lowest BCUT2D eigenvalue weighted by atomic mass is 10.3. The van der Waals surface area contributed by atoms with Gasteiger partial charge in [0.2, 0.25) is 0 Å². The van der Waals surface area contributed by atoms with E-state index in [0.29, 0.717) is 13.8 Å². The molecule has 0 saturated heterocycles. The second-order valence-corrected chi connectivity index (χ2v) is 4.19. The van der Waals surface area contributed by atoms with Crippen LogP contribution >= 0.6 is 38.5 Å². The van der Waals surface area contributed by atoms with E-state index in [1.54, 1.807) is 6.07 Å². The number of nitro groups is 1. The van der Waals surface area contributed by atoms with Crippen molar-refractivity contribution in [3.8, 4) is 5.75 Å². The van der Waals surface area contributed by atoms with Crippen molar-refractivity contribution in [3.63, 3.8) is 0 Å². The number of hydrogen-bond acceptors (Lipinski definition) is 3. The molecule has 0 saturated carbocycles. The molecular weight excluding hydrogens is 353 g/mol. The Balaban J connectivity index is 3.35. The number of halogens is 2. The van der Waals surface area contributed by atoms with Crippen LogP contribution in [-0.2, 0) is 0 Å². The third kappa shape index (κ3) is 2.31. The lowest BCUT2D eigenvalue weighted by Gasteiger charge is -2.03. The normalized spacial score (nSPS) is 9.77. The Kier molecular flexibility index (Phi) is 3.48. The number of benzene rings is 1. The summed E-state index contributed by atoms with van der Waals surface area (Å²) >= 11 is 5.05. The highest BCUT2D eigenvalue weighted by atomic mass is 127. The first kappa shape index (κ1) is 10.7. The van der Waals surface area contributed by atoms with Gasteiger partial charge in [0, 0.05) is 10.5 Å². The van der Waals surface area contributed by atoms with Gasteiger partial charge in [-0.3, -0.25) is 10.1 Å². The SMILES string of the molecule is COc1cc(Br)cc([N+](=O)[O-])c1I. The smallest absolute Gasteiger partial charge is 0.287 e. The zero-order chi connectivity index (χ0) is 10.0. The molecule has 0 fully saturated rings. The Morgan fingerprint density at radius 1 is 1.62 bits per heavy atom. The van der Waals surface area contributed by atoms with Gasteiger partial charge in [0.1, 0.15) is 9.32 Å². The van der Waals surface area contributed by atoms with Crippen LogP contribution in [0.5, 0.6) is 5.75 Å². The minimum Gasteiger partial charge on any atom is -0.495 e. The second kappa shape index (κ2) is 4.23. The third-order valence-electron chi connectivity index (χ3n) is 1.40. The molecule has 6 heteroatoms. The molecule has 0 aliphatic rings. The van der Waals surface area contributed by atoms with E-state index in [1.165, 1.54) is 13.2 Å². The molecule has 1 aromatic rings. The maximum Gasteiger partial charge on any atom is 0.287 e. The van der Waals surface area contributed by atoms with E-state index in [1.807, 2.05) is 22.6 Å². The summed E-state index contributed by atoms with van der Waals surface area (Å²) in [6.45, 7) is 0. The zero-order valence-corrected chi connectivity index (χ0v) is 10.3. The zero-order valence-electron chi connectivity index (χ0n) is 6.58. The van der Waals surface area contributed by atoms with E-state index in [2.05, 4.69) is 15.9 Å². The van der Waals surface area contributed by atoms with E-state index in [0.717, 1.165) is 0 Å². The topological polar surface area (TPSA) is 52.4 Å². The van der Waals surface area contributed by atoms with Gasteiger partial charge in [-0.05, 0) is 28.7 Å². The maximum atomic E-state index is 10.6. The highest BCUT2D eigenvalue weighted by Crippen LogP contribution is 2.33. The van der Waals surface area contributed by atoms with E-state index < -0.39 is 4.92 Å². The van der Waals surface area contributed by atoms with Gasteiger partial charge in [-0.15, -0.1) is 0 Å². The van der Waals surface area contributed by atoms with Gasteiger partial charge < -0.3 is 4.74 Å². The van der Waals surface area contributed by atoms with E-state index >= 15 is 0 Å². The number of methoxy groups -OCH3 is 1. The lowest BCUT2D eigenvalue weighted by Crippen LogP contribution is -1.95. The Hall–Kier alpha value is -0.370. The van der Waals surface area contributed by atoms with Crippen LogP contribution < -0.4 is 4.74 Å². The monoisotopic (exact) mass is 357 g/mol. The molecule has 13 heavy (non-hydrogen) atoms. The summed E-state index contributed by atoms with van der Waals surface area (Å²) in [7, 11) is 1.48. The summed E-state index contributed by atoms with van der Waals surface area (Å²) in [5.41, 5.74) is 0.0480.